The van der Waals surface area contributed by atoms with Gasteiger partial charge in [0.1, 0.15) is 5.92 Å². The standard InChI is InChI=1S/C14H21N3O4S/c1-4-21-14(18)12-8-15-16-13(12)22(19,20)17-11-6-5-9(2)10(3)7-11/h5-7,12-13,15-17H,4,8H2,1-3H3. The normalized spacial score (nSPS) is 21.6. The molecule has 1 aromatic carbocycles. The van der Waals surface area contributed by atoms with E-state index in [1.165, 1.54) is 0 Å². The van der Waals surface area contributed by atoms with Gasteiger partial charge in [-0.05, 0) is 44.0 Å². The van der Waals surface area contributed by atoms with Gasteiger partial charge < -0.3 is 4.74 Å². The summed E-state index contributed by atoms with van der Waals surface area (Å²) in [4.78, 5) is 11.9. The lowest BCUT2D eigenvalue weighted by molar-refractivity contribution is -0.147. The van der Waals surface area contributed by atoms with E-state index >= 15 is 0 Å². The number of aryl methyl sites for hydroxylation is 2. The Balaban J connectivity index is 2.18. The Morgan fingerprint density at radius 1 is 1.36 bits per heavy atom. The molecule has 8 heteroatoms. The molecule has 0 amide bonds. The number of anilines is 1. The van der Waals surface area contributed by atoms with Gasteiger partial charge in [-0.3, -0.25) is 14.9 Å². The molecule has 0 aromatic heterocycles. The number of nitrogens with one attached hydrogen (secondary N) is 3. The lowest BCUT2D eigenvalue weighted by atomic mass is 10.1. The SMILES string of the molecule is CCOC(=O)C1CNNC1S(=O)(=O)Nc1ccc(C)c(C)c1. The van der Waals surface area contributed by atoms with Crippen molar-refractivity contribution < 1.29 is 17.9 Å². The Hall–Kier alpha value is -1.64. The van der Waals surface area contributed by atoms with E-state index in [9.17, 15) is 13.2 Å². The van der Waals surface area contributed by atoms with Crippen LogP contribution in [0.4, 0.5) is 5.69 Å². The minimum atomic E-state index is -3.78. The highest BCUT2D eigenvalue weighted by Gasteiger charge is 2.42. The van der Waals surface area contributed by atoms with E-state index in [4.69, 9.17) is 4.74 Å². The molecule has 3 N–H and O–H groups in total. The number of hydrogen-bond acceptors (Lipinski definition) is 6. The average Bonchev–Trinajstić information content (AvgIpc) is 2.93. The second-order valence-electron chi connectivity index (χ2n) is 5.25. The Kier molecular flexibility index (Phi) is 5.05. The van der Waals surface area contributed by atoms with Gasteiger partial charge in [0, 0.05) is 12.2 Å². The fraction of sp³-hybridized carbons (Fsp3) is 0.500. The molecule has 122 valence electrons. The third-order valence-electron chi connectivity index (χ3n) is 3.62. The first kappa shape index (κ1) is 16.7. The summed E-state index contributed by atoms with van der Waals surface area (Å²) in [5.41, 5.74) is 7.87. The molecule has 7 nitrogen and oxygen atoms in total. The van der Waals surface area contributed by atoms with Crippen LogP contribution in [0.1, 0.15) is 18.1 Å². The highest BCUT2D eigenvalue weighted by atomic mass is 32.2. The first-order chi connectivity index (χ1) is 10.3. The van der Waals surface area contributed by atoms with Crippen LogP contribution < -0.4 is 15.6 Å². The van der Waals surface area contributed by atoms with Gasteiger partial charge in [0.2, 0.25) is 0 Å². The number of hydrazine groups is 1. The Labute approximate surface area is 130 Å². The highest BCUT2D eigenvalue weighted by Crippen LogP contribution is 2.21. The molecule has 1 saturated heterocycles. The molecule has 2 atom stereocenters. The smallest absolute Gasteiger partial charge is 0.313 e. The van der Waals surface area contributed by atoms with Gasteiger partial charge in [-0.25, -0.2) is 13.8 Å². The topological polar surface area (TPSA) is 96.5 Å². The number of hydrogen-bond donors (Lipinski definition) is 3. The molecule has 1 aliphatic rings. The molecule has 2 rings (SSSR count). The van der Waals surface area contributed by atoms with Crippen LogP contribution in [0.2, 0.25) is 0 Å². The van der Waals surface area contributed by atoms with Crippen molar-refractivity contribution in [3.63, 3.8) is 0 Å². The molecular formula is C14H21N3O4S. The summed E-state index contributed by atoms with van der Waals surface area (Å²) in [6, 6.07) is 5.30. The van der Waals surface area contributed by atoms with E-state index in [2.05, 4.69) is 15.6 Å². The maximum atomic E-state index is 12.5. The van der Waals surface area contributed by atoms with Crippen molar-refractivity contribution in [1.29, 1.82) is 0 Å². The summed E-state index contributed by atoms with van der Waals surface area (Å²) in [5, 5.41) is -1.08. The van der Waals surface area contributed by atoms with Gasteiger partial charge in [-0.1, -0.05) is 6.07 Å². The van der Waals surface area contributed by atoms with Crippen molar-refractivity contribution in [3.8, 4) is 0 Å². The number of esters is 1. The largest absolute Gasteiger partial charge is 0.466 e. The summed E-state index contributed by atoms with van der Waals surface area (Å²) in [6.45, 7) is 5.96. The van der Waals surface area contributed by atoms with Gasteiger partial charge in [0.05, 0.1) is 6.61 Å². The van der Waals surface area contributed by atoms with Crippen molar-refractivity contribution in [2.75, 3.05) is 17.9 Å². The second-order valence-corrected chi connectivity index (χ2v) is 7.05. The van der Waals surface area contributed by atoms with Crippen LogP contribution in [0.5, 0.6) is 0 Å². The predicted molar refractivity (Wildman–Crippen MR) is 83.5 cm³/mol. The average molecular weight is 327 g/mol. The Morgan fingerprint density at radius 2 is 2.09 bits per heavy atom. The van der Waals surface area contributed by atoms with Gasteiger partial charge in [0.25, 0.3) is 10.0 Å². The van der Waals surface area contributed by atoms with Crippen LogP contribution in [-0.2, 0) is 19.6 Å². The van der Waals surface area contributed by atoms with Gasteiger partial charge in [0.15, 0.2) is 5.37 Å². The van der Waals surface area contributed by atoms with Crippen molar-refractivity contribution in [3.05, 3.63) is 29.3 Å². The number of ether oxygens (including phenoxy) is 1. The zero-order valence-corrected chi connectivity index (χ0v) is 13.7. The molecular weight excluding hydrogens is 306 g/mol. The zero-order chi connectivity index (χ0) is 16.3. The number of rotatable bonds is 5. The third-order valence-corrected chi connectivity index (χ3v) is 5.26. The van der Waals surface area contributed by atoms with Crippen molar-refractivity contribution in [2.45, 2.75) is 26.1 Å². The molecule has 1 heterocycles. The Morgan fingerprint density at radius 3 is 2.73 bits per heavy atom. The lowest BCUT2D eigenvalue weighted by Gasteiger charge is -2.19. The van der Waals surface area contributed by atoms with E-state index in [0.29, 0.717) is 5.69 Å². The fourth-order valence-corrected chi connectivity index (χ4v) is 3.72. The molecule has 0 saturated carbocycles. The Bertz CT molecular complexity index is 660. The zero-order valence-electron chi connectivity index (χ0n) is 12.8. The summed E-state index contributed by atoms with van der Waals surface area (Å²) >= 11 is 0. The third kappa shape index (κ3) is 3.57. The molecule has 0 spiro atoms. The van der Waals surface area contributed by atoms with Gasteiger partial charge in [-0.15, -0.1) is 0 Å². The fourth-order valence-electron chi connectivity index (χ4n) is 2.26. The van der Waals surface area contributed by atoms with E-state index in [1.54, 1.807) is 19.1 Å². The van der Waals surface area contributed by atoms with E-state index in [1.807, 2.05) is 19.9 Å². The summed E-state index contributed by atoms with van der Waals surface area (Å²) in [5.74, 6) is -1.32. The second kappa shape index (κ2) is 6.64. The first-order valence-corrected chi connectivity index (χ1v) is 8.63. The molecule has 0 radical (unpaired) electrons. The molecule has 0 bridgehead atoms. The van der Waals surface area contributed by atoms with Crippen LogP contribution in [0.3, 0.4) is 0 Å². The lowest BCUT2D eigenvalue weighted by Crippen LogP contribution is -2.44. The number of carbonyl (C=O) groups is 1. The number of sulfonamides is 1. The minimum Gasteiger partial charge on any atom is -0.466 e. The number of benzene rings is 1. The first-order valence-electron chi connectivity index (χ1n) is 7.09. The maximum absolute atomic E-state index is 12.5. The van der Waals surface area contributed by atoms with Crippen molar-refractivity contribution >= 4 is 21.7 Å². The highest BCUT2D eigenvalue weighted by molar-refractivity contribution is 7.93. The summed E-state index contributed by atoms with van der Waals surface area (Å²) < 4.78 is 32.4. The quantitative estimate of drug-likeness (QED) is 0.688. The van der Waals surface area contributed by atoms with Gasteiger partial charge >= 0.3 is 5.97 Å². The van der Waals surface area contributed by atoms with Crippen molar-refractivity contribution in [2.24, 2.45) is 5.92 Å². The van der Waals surface area contributed by atoms with Crippen LogP contribution in [0.25, 0.3) is 0 Å². The molecule has 1 aromatic rings. The van der Waals surface area contributed by atoms with Crippen molar-refractivity contribution in [1.82, 2.24) is 10.9 Å². The van der Waals surface area contributed by atoms with E-state index < -0.39 is 27.3 Å². The summed E-state index contributed by atoms with van der Waals surface area (Å²) in [7, 11) is -3.78. The number of carbonyl (C=O) groups excluding carboxylic acids is 1. The predicted octanol–water partition coefficient (Wildman–Crippen LogP) is 0.658. The van der Waals surface area contributed by atoms with E-state index in [-0.39, 0.29) is 13.2 Å². The van der Waals surface area contributed by atoms with E-state index in [0.717, 1.165) is 11.1 Å². The molecule has 1 aliphatic heterocycles. The van der Waals surface area contributed by atoms with Gasteiger partial charge in [-0.2, -0.15) is 0 Å². The van der Waals surface area contributed by atoms with Crippen LogP contribution >= 0.6 is 0 Å². The molecule has 22 heavy (non-hydrogen) atoms. The molecule has 2 unspecified atom stereocenters. The maximum Gasteiger partial charge on any atom is 0.313 e. The van der Waals surface area contributed by atoms with Crippen LogP contribution in [0.15, 0.2) is 18.2 Å². The molecule has 0 aliphatic carbocycles. The minimum absolute atomic E-state index is 0.206. The summed E-state index contributed by atoms with van der Waals surface area (Å²) in [6.07, 6.45) is 0. The van der Waals surface area contributed by atoms with Crippen LogP contribution in [-0.4, -0.2) is 32.9 Å². The molecule has 1 fully saturated rings. The van der Waals surface area contributed by atoms with Crippen LogP contribution in [0, 0.1) is 19.8 Å². The monoisotopic (exact) mass is 327 g/mol.